The number of benzene rings is 2. The molecule has 3 atom stereocenters. The minimum absolute atomic E-state index is 0.0625. The molecule has 0 bridgehead atoms. The van der Waals surface area contributed by atoms with Crippen LogP contribution in [0.15, 0.2) is 48.5 Å². The quantitative estimate of drug-likeness (QED) is 0.798. The molecule has 1 fully saturated rings. The Balaban J connectivity index is 1.54. The van der Waals surface area contributed by atoms with Crippen molar-refractivity contribution in [1.82, 2.24) is 5.32 Å². The molecule has 0 unspecified atom stereocenters. The Hall–Kier alpha value is -2.04. The number of rotatable bonds is 7. The predicted molar refractivity (Wildman–Crippen MR) is 104 cm³/mol. The Morgan fingerprint density at radius 2 is 1.77 bits per heavy atom. The van der Waals surface area contributed by atoms with Crippen LogP contribution < -0.4 is 14.8 Å². The van der Waals surface area contributed by atoms with Crippen LogP contribution in [0.5, 0.6) is 11.5 Å². The molecule has 2 N–H and O–H groups in total. The van der Waals surface area contributed by atoms with Crippen molar-refractivity contribution in [2.45, 2.75) is 50.9 Å². The molecule has 0 radical (unpaired) electrons. The third-order valence-electron chi connectivity index (χ3n) is 5.16. The maximum absolute atomic E-state index is 10.8. The van der Waals surface area contributed by atoms with E-state index >= 15 is 0 Å². The molecule has 2 aromatic carbocycles. The number of para-hydroxylation sites is 2. The molecule has 1 aliphatic rings. The standard InChI is InChI=1S/C22H29NO3/c1-16-8-3-5-11-19(16)26-21-13-7-10-18(22(21)24)23-15-14-17-9-4-6-12-20(17)25-2/h3-6,8-9,11-12,18,21-24H,7,10,13-15H2,1-2H3/t18-,21+,22+/m0/s1. The zero-order valence-corrected chi connectivity index (χ0v) is 15.7. The molecule has 1 aliphatic carbocycles. The number of hydrogen-bond donors (Lipinski definition) is 2. The number of ether oxygens (including phenoxy) is 2. The van der Waals surface area contributed by atoms with E-state index in [9.17, 15) is 5.11 Å². The lowest BCUT2D eigenvalue weighted by Gasteiger charge is -2.35. The molecule has 26 heavy (non-hydrogen) atoms. The van der Waals surface area contributed by atoms with Gasteiger partial charge in [0.2, 0.25) is 0 Å². The van der Waals surface area contributed by atoms with Gasteiger partial charge in [-0.25, -0.2) is 0 Å². The number of nitrogens with one attached hydrogen (secondary N) is 1. The zero-order chi connectivity index (χ0) is 18.4. The van der Waals surface area contributed by atoms with Crippen molar-refractivity contribution in [2.24, 2.45) is 0 Å². The summed E-state index contributed by atoms with van der Waals surface area (Å²) < 4.78 is 11.5. The van der Waals surface area contributed by atoms with Crippen LogP contribution in [0.25, 0.3) is 0 Å². The second kappa shape index (κ2) is 9.06. The molecule has 2 aromatic rings. The van der Waals surface area contributed by atoms with Gasteiger partial charge in [-0.15, -0.1) is 0 Å². The van der Waals surface area contributed by atoms with Gasteiger partial charge in [0.1, 0.15) is 23.7 Å². The minimum atomic E-state index is -0.499. The maximum Gasteiger partial charge on any atom is 0.126 e. The molecule has 0 aliphatic heterocycles. The van der Waals surface area contributed by atoms with E-state index in [1.807, 2.05) is 49.4 Å². The highest BCUT2D eigenvalue weighted by molar-refractivity contribution is 5.33. The first kappa shape index (κ1) is 18.7. The summed E-state index contributed by atoms with van der Waals surface area (Å²) in [7, 11) is 1.70. The zero-order valence-electron chi connectivity index (χ0n) is 15.7. The third-order valence-corrected chi connectivity index (χ3v) is 5.16. The second-order valence-corrected chi connectivity index (χ2v) is 6.97. The van der Waals surface area contributed by atoms with E-state index in [1.165, 1.54) is 5.56 Å². The second-order valence-electron chi connectivity index (χ2n) is 6.97. The fourth-order valence-electron chi connectivity index (χ4n) is 3.64. The van der Waals surface area contributed by atoms with Crippen LogP contribution in [0, 0.1) is 6.92 Å². The lowest BCUT2D eigenvalue weighted by atomic mass is 9.89. The van der Waals surface area contributed by atoms with Crippen molar-refractivity contribution in [2.75, 3.05) is 13.7 Å². The van der Waals surface area contributed by atoms with Gasteiger partial charge in [-0.1, -0.05) is 36.4 Å². The molecular formula is C22H29NO3. The van der Waals surface area contributed by atoms with Gasteiger partial charge in [-0.05, 0) is 62.4 Å². The number of hydrogen-bond acceptors (Lipinski definition) is 4. The average Bonchev–Trinajstić information content (AvgIpc) is 2.67. The van der Waals surface area contributed by atoms with Gasteiger partial charge in [-0.2, -0.15) is 0 Å². The fraction of sp³-hybridized carbons (Fsp3) is 0.455. The molecule has 0 heterocycles. The monoisotopic (exact) mass is 355 g/mol. The number of aliphatic hydroxyl groups excluding tert-OH is 1. The lowest BCUT2D eigenvalue weighted by Crippen LogP contribution is -2.51. The summed E-state index contributed by atoms with van der Waals surface area (Å²) in [5.74, 6) is 1.78. The van der Waals surface area contributed by atoms with Gasteiger partial charge in [0.05, 0.1) is 7.11 Å². The highest BCUT2D eigenvalue weighted by Crippen LogP contribution is 2.26. The summed E-state index contributed by atoms with van der Waals surface area (Å²) in [6, 6.07) is 16.1. The number of aryl methyl sites for hydroxylation is 1. The molecule has 0 spiro atoms. The van der Waals surface area contributed by atoms with Gasteiger partial charge in [0.15, 0.2) is 0 Å². The predicted octanol–water partition coefficient (Wildman–Crippen LogP) is 3.50. The van der Waals surface area contributed by atoms with Gasteiger partial charge in [-0.3, -0.25) is 0 Å². The summed E-state index contributed by atoms with van der Waals surface area (Å²) >= 11 is 0. The van der Waals surface area contributed by atoms with E-state index in [4.69, 9.17) is 9.47 Å². The summed E-state index contributed by atoms with van der Waals surface area (Å²) in [6.45, 7) is 2.84. The van der Waals surface area contributed by atoms with Gasteiger partial charge >= 0.3 is 0 Å². The van der Waals surface area contributed by atoms with E-state index in [-0.39, 0.29) is 12.1 Å². The molecule has 140 valence electrons. The van der Waals surface area contributed by atoms with Crippen molar-refractivity contribution < 1.29 is 14.6 Å². The van der Waals surface area contributed by atoms with Crippen LogP contribution in [0.1, 0.15) is 30.4 Å². The summed E-state index contributed by atoms with van der Waals surface area (Å²) in [6.07, 6.45) is 3.13. The van der Waals surface area contributed by atoms with E-state index in [2.05, 4.69) is 11.4 Å². The fourth-order valence-corrected chi connectivity index (χ4v) is 3.64. The number of methoxy groups -OCH3 is 1. The van der Waals surface area contributed by atoms with E-state index in [1.54, 1.807) is 7.11 Å². The molecule has 0 amide bonds. The molecule has 3 rings (SSSR count). The molecule has 4 heteroatoms. The van der Waals surface area contributed by atoms with Crippen LogP contribution >= 0.6 is 0 Å². The minimum Gasteiger partial charge on any atom is -0.496 e. The first-order valence-electron chi connectivity index (χ1n) is 9.44. The molecule has 4 nitrogen and oxygen atoms in total. The highest BCUT2D eigenvalue weighted by Gasteiger charge is 2.33. The summed E-state index contributed by atoms with van der Waals surface area (Å²) in [5.41, 5.74) is 2.28. The van der Waals surface area contributed by atoms with Crippen LogP contribution in [0.2, 0.25) is 0 Å². The van der Waals surface area contributed by atoms with E-state index in [0.29, 0.717) is 0 Å². The first-order chi connectivity index (χ1) is 12.7. The van der Waals surface area contributed by atoms with Crippen molar-refractivity contribution in [1.29, 1.82) is 0 Å². The molecule has 0 aromatic heterocycles. The summed E-state index contributed by atoms with van der Waals surface area (Å²) in [5, 5.41) is 14.3. The van der Waals surface area contributed by atoms with Crippen LogP contribution in [-0.2, 0) is 6.42 Å². The summed E-state index contributed by atoms with van der Waals surface area (Å²) in [4.78, 5) is 0. The molecular weight excluding hydrogens is 326 g/mol. The van der Waals surface area contributed by atoms with Crippen molar-refractivity contribution in [3.05, 3.63) is 59.7 Å². The normalized spacial score (nSPS) is 22.8. The third kappa shape index (κ3) is 4.57. The van der Waals surface area contributed by atoms with Crippen molar-refractivity contribution in [3.8, 4) is 11.5 Å². The smallest absolute Gasteiger partial charge is 0.126 e. The van der Waals surface area contributed by atoms with Gasteiger partial charge in [0, 0.05) is 6.04 Å². The van der Waals surface area contributed by atoms with Crippen LogP contribution in [-0.4, -0.2) is 37.0 Å². The first-order valence-corrected chi connectivity index (χ1v) is 9.44. The molecule has 0 saturated heterocycles. The Kier molecular flexibility index (Phi) is 6.53. The van der Waals surface area contributed by atoms with Gasteiger partial charge in [0.25, 0.3) is 0 Å². The Bertz CT molecular complexity index is 703. The van der Waals surface area contributed by atoms with Crippen molar-refractivity contribution >= 4 is 0 Å². The van der Waals surface area contributed by atoms with Gasteiger partial charge < -0.3 is 19.9 Å². The topological polar surface area (TPSA) is 50.7 Å². The Labute approximate surface area is 156 Å². The Morgan fingerprint density at radius 3 is 2.54 bits per heavy atom. The lowest BCUT2D eigenvalue weighted by molar-refractivity contribution is -0.0154. The Morgan fingerprint density at radius 1 is 1.04 bits per heavy atom. The van der Waals surface area contributed by atoms with E-state index in [0.717, 1.165) is 49.3 Å². The SMILES string of the molecule is COc1ccccc1CCN[C@H]1CCC[C@@H](Oc2ccccc2C)[C@@H]1O. The van der Waals surface area contributed by atoms with Crippen molar-refractivity contribution in [3.63, 3.8) is 0 Å². The van der Waals surface area contributed by atoms with E-state index < -0.39 is 6.10 Å². The van der Waals surface area contributed by atoms with Crippen LogP contribution in [0.4, 0.5) is 0 Å². The number of aliphatic hydroxyl groups is 1. The van der Waals surface area contributed by atoms with Crippen LogP contribution in [0.3, 0.4) is 0 Å². The largest absolute Gasteiger partial charge is 0.496 e. The average molecular weight is 355 g/mol. The highest BCUT2D eigenvalue weighted by atomic mass is 16.5. The molecule has 1 saturated carbocycles. The maximum atomic E-state index is 10.8.